The van der Waals surface area contributed by atoms with Gasteiger partial charge in [-0.2, -0.15) is 5.10 Å². The molecule has 4 rings (SSSR count). The first-order valence-corrected chi connectivity index (χ1v) is 8.56. The van der Waals surface area contributed by atoms with Gasteiger partial charge in [-0.25, -0.2) is 0 Å². The SMILES string of the molecule is O=[N+]([O-])c1ccc2c(c1N1CCCN(c3cccnn3)CC1)CCN2. The predicted octanol–water partition coefficient (Wildman–Crippen LogP) is 2.07. The van der Waals surface area contributed by atoms with Crippen molar-refractivity contribution in [1.29, 1.82) is 0 Å². The van der Waals surface area contributed by atoms with Gasteiger partial charge in [-0.05, 0) is 31.0 Å². The number of aromatic nitrogens is 2. The molecule has 130 valence electrons. The number of nitro groups is 1. The molecular formula is C17H20N6O2. The molecule has 0 saturated carbocycles. The Hall–Kier alpha value is -2.90. The fourth-order valence-corrected chi connectivity index (χ4v) is 3.70. The van der Waals surface area contributed by atoms with E-state index < -0.39 is 0 Å². The van der Waals surface area contributed by atoms with E-state index in [0.29, 0.717) is 0 Å². The van der Waals surface area contributed by atoms with Crippen LogP contribution in [0.1, 0.15) is 12.0 Å². The third-order valence-corrected chi connectivity index (χ3v) is 4.84. The molecule has 2 aromatic rings. The molecule has 1 aromatic carbocycles. The molecule has 0 unspecified atom stereocenters. The second kappa shape index (κ2) is 6.54. The summed E-state index contributed by atoms with van der Waals surface area (Å²) in [5, 5.41) is 23.0. The third kappa shape index (κ3) is 2.95. The minimum atomic E-state index is -0.265. The summed E-state index contributed by atoms with van der Waals surface area (Å²) in [6, 6.07) is 7.28. The number of hydrogen-bond donors (Lipinski definition) is 1. The number of rotatable bonds is 3. The molecule has 0 radical (unpaired) electrons. The maximum atomic E-state index is 11.6. The summed E-state index contributed by atoms with van der Waals surface area (Å²) in [5.74, 6) is 0.860. The highest BCUT2D eigenvalue weighted by Gasteiger charge is 2.29. The predicted molar refractivity (Wildman–Crippen MR) is 96.4 cm³/mol. The molecule has 25 heavy (non-hydrogen) atoms. The molecule has 0 atom stereocenters. The van der Waals surface area contributed by atoms with Gasteiger partial charge in [0.25, 0.3) is 5.69 Å². The maximum Gasteiger partial charge on any atom is 0.292 e. The number of benzene rings is 1. The lowest BCUT2D eigenvalue weighted by Gasteiger charge is -2.25. The second-order valence-electron chi connectivity index (χ2n) is 6.30. The fourth-order valence-electron chi connectivity index (χ4n) is 3.70. The van der Waals surface area contributed by atoms with E-state index in [9.17, 15) is 10.1 Å². The monoisotopic (exact) mass is 340 g/mol. The summed E-state index contributed by atoms with van der Waals surface area (Å²) in [6.07, 6.45) is 3.42. The van der Waals surface area contributed by atoms with Gasteiger partial charge >= 0.3 is 0 Å². The number of nitro benzene ring substituents is 1. The first-order chi connectivity index (χ1) is 12.2. The van der Waals surface area contributed by atoms with Gasteiger partial charge in [0.15, 0.2) is 5.82 Å². The minimum Gasteiger partial charge on any atom is -0.384 e. The van der Waals surface area contributed by atoms with Gasteiger partial charge in [0.1, 0.15) is 5.69 Å². The van der Waals surface area contributed by atoms with Crippen LogP contribution in [-0.4, -0.2) is 47.8 Å². The summed E-state index contributed by atoms with van der Waals surface area (Å²) in [5.41, 5.74) is 3.08. The zero-order valence-electron chi connectivity index (χ0n) is 13.9. The average Bonchev–Trinajstić information content (AvgIpc) is 2.98. The summed E-state index contributed by atoms with van der Waals surface area (Å²) < 4.78 is 0. The average molecular weight is 340 g/mol. The van der Waals surface area contributed by atoms with E-state index in [0.717, 1.165) is 68.3 Å². The Kier molecular flexibility index (Phi) is 4.09. The Morgan fingerprint density at radius 2 is 1.96 bits per heavy atom. The quantitative estimate of drug-likeness (QED) is 0.676. The highest BCUT2D eigenvalue weighted by molar-refractivity contribution is 5.78. The zero-order chi connectivity index (χ0) is 17.2. The van der Waals surface area contributed by atoms with E-state index in [2.05, 4.69) is 25.3 Å². The third-order valence-electron chi connectivity index (χ3n) is 4.84. The summed E-state index contributed by atoms with van der Waals surface area (Å²) in [4.78, 5) is 15.7. The van der Waals surface area contributed by atoms with Crippen molar-refractivity contribution >= 4 is 22.9 Å². The summed E-state index contributed by atoms with van der Waals surface area (Å²) in [6.45, 7) is 4.01. The smallest absolute Gasteiger partial charge is 0.292 e. The number of hydrogen-bond acceptors (Lipinski definition) is 7. The normalized spacial score (nSPS) is 17.0. The van der Waals surface area contributed by atoms with Crippen LogP contribution in [0, 0.1) is 10.1 Å². The van der Waals surface area contributed by atoms with Crippen LogP contribution in [0.5, 0.6) is 0 Å². The lowest BCUT2D eigenvalue weighted by molar-refractivity contribution is -0.384. The topological polar surface area (TPSA) is 87.4 Å². The lowest BCUT2D eigenvalue weighted by atomic mass is 10.1. The molecule has 0 aliphatic carbocycles. The molecule has 1 fully saturated rings. The van der Waals surface area contributed by atoms with Crippen LogP contribution in [0.3, 0.4) is 0 Å². The van der Waals surface area contributed by atoms with Crippen LogP contribution < -0.4 is 15.1 Å². The van der Waals surface area contributed by atoms with Crippen molar-refractivity contribution in [2.45, 2.75) is 12.8 Å². The first kappa shape index (κ1) is 15.6. The molecule has 0 amide bonds. The molecule has 2 aliphatic rings. The van der Waals surface area contributed by atoms with Crippen LogP contribution in [0.2, 0.25) is 0 Å². The molecule has 8 heteroatoms. The van der Waals surface area contributed by atoms with Gasteiger partial charge in [-0.1, -0.05) is 0 Å². The van der Waals surface area contributed by atoms with Crippen molar-refractivity contribution in [2.24, 2.45) is 0 Å². The van der Waals surface area contributed by atoms with Crippen molar-refractivity contribution in [2.75, 3.05) is 47.8 Å². The molecule has 8 nitrogen and oxygen atoms in total. The van der Waals surface area contributed by atoms with Crippen molar-refractivity contribution in [3.63, 3.8) is 0 Å². The number of nitrogens with one attached hydrogen (secondary N) is 1. The Labute approximate surface area is 145 Å². The Bertz CT molecular complexity index is 782. The molecular weight excluding hydrogens is 320 g/mol. The van der Waals surface area contributed by atoms with Crippen LogP contribution >= 0.6 is 0 Å². The Morgan fingerprint density at radius 3 is 2.76 bits per heavy atom. The van der Waals surface area contributed by atoms with E-state index in [1.807, 2.05) is 18.2 Å². The van der Waals surface area contributed by atoms with E-state index in [1.54, 1.807) is 12.3 Å². The van der Waals surface area contributed by atoms with E-state index in [1.165, 1.54) is 0 Å². The summed E-state index contributed by atoms with van der Waals surface area (Å²) >= 11 is 0. The molecule has 1 saturated heterocycles. The standard InChI is InChI=1S/C17H20N6O2/c24-23(25)15-5-4-14-13(6-8-18-14)17(15)22-10-2-9-21(11-12-22)16-3-1-7-19-20-16/h1,3-5,7,18H,2,6,8-12H2. The van der Waals surface area contributed by atoms with E-state index >= 15 is 0 Å². The van der Waals surface area contributed by atoms with Gasteiger partial charge in [-0.15, -0.1) is 5.10 Å². The van der Waals surface area contributed by atoms with Crippen molar-refractivity contribution in [3.05, 3.63) is 46.1 Å². The van der Waals surface area contributed by atoms with Crippen molar-refractivity contribution in [3.8, 4) is 0 Å². The Balaban J connectivity index is 1.63. The molecule has 1 aromatic heterocycles. The molecule has 1 N–H and O–H groups in total. The minimum absolute atomic E-state index is 0.204. The number of fused-ring (bicyclic) bond motifs is 1. The van der Waals surface area contributed by atoms with E-state index in [4.69, 9.17) is 0 Å². The van der Waals surface area contributed by atoms with Crippen LogP contribution in [0.25, 0.3) is 0 Å². The van der Waals surface area contributed by atoms with Crippen molar-refractivity contribution in [1.82, 2.24) is 10.2 Å². The highest BCUT2D eigenvalue weighted by Crippen LogP contribution is 2.39. The van der Waals surface area contributed by atoms with Gasteiger partial charge < -0.3 is 15.1 Å². The van der Waals surface area contributed by atoms with Gasteiger partial charge in [0.05, 0.1) is 4.92 Å². The molecule has 0 spiro atoms. The fraction of sp³-hybridized carbons (Fsp3) is 0.412. The molecule has 0 bridgehead atoms. The maximum absolute atomic E-state index is 11.6. The van der Waals surface area contributed by atoms with Gasteiger partial charge in [0.2, 0.25) is 0 Å². The molecule has 2 aliphatic heterocycles. The van der Waals surface area contributed by atoms with Crippen LogP contribution in [-0.2, 0) is 6.42 Å². The number of anilines is 3. The Morgan fingerprint density at radius 1 is 1.12 bits per heavy atom. The zero-order valence-corrected chi connectivity index (χ0v) is 13.9. The van der Waals surface area contributed by atoms with Crippen LogP contribution in [0.4, 0.5) is 22.9 Å². The largest absolute Gasteiger partial charge is 0.384 e. The lowest BCUT2D eigenvalue weighted by Crippen LogP contribution is -2.32. The van der Waals surface area contributed by atoms with Crippen LogP contribution in [0.15, 0.2) is 30.5 Å². The van der Waals surface area contributed by atoms with Gasteiger partial charge in [0, 0.05) is 56.2 Å². The number of nitrogens with zero attached hydrogens (tertiary/aromatic N) is 5. The van der Waals surface area contributed by atoms with E-state index in [-0.39, 0.29) is 10.6 Å². The first-order valence-electron chi connectivity index (χ1n) is 8.56. The second-order valence-corrected chi connectivity index (χ2v) is 6.30. The van der Waals surface area contributed by atoms with Gasteiger partial charge in [-0.3, -0.25) is 10.1 Å². The highest BCUT2D eigenvalue weighted by atomic mass is 16.6. The summed E-state index contributed by atoms with van der Waals surface area (Å²) in [7, 11) is 0. The van der Waals surface area contributed by atoms with Crippen molar-refractivity contribution < 1.29 is 4.92 Å². The molecule has 3 heterocycles.